The lowest BCUT2D eigenvalue weighted by atomic mass is 9.83. The summed E-state index contributed by atoms with van der Waals surface area (Å²) in [6.07, 6.45) is 1.31. The molecule has 0 saturated heterocycles. The normalized spacial score (nSPS) is 10.4. The van der Waals surface area contributed by atoms with Crippen LogP contribution in [-0.2, 0) is 0 Å². The van der Waals surface area contributed by atoms with Gasteiger partial charge in [0, 0.05) is 17.2 Å². The molecule has 1 heterocycles. The maximum atomic E-state index is 8.99. The lowest BCUT2D eigenvalue weighted by Crippen LogP contribution is -2.32. The van der Waals surface area contributed by atoms with Crippen molar-refractivity contribution in [2.45, 2.75) is 6.92 Å². The molecule has 0 saturated carbocycles. The van der Waals surface area contributed by atoms with Gasteiger partial charge < -0.3 is 10.0 Å². The van der Waals surface area contributed by atoms with E-state index in [2.05, 4.69) is 9.97 Å². The van der Waals surface area contributed by atoms with Crippen molar-refractivity contribution >= 4 is 24.2 Å². The van der Waals surface area contributed by atoms with Gasteiger partial charge in [-0.25, -0.2) is 9.97 Å². The quantitative estimate of drug-likeness (QED) is 0.609. The van der Waals surface area contributed by atoms with Crippen LogP contribution in [0.25, 0.3) is 11.4 Å². The molecule has 0 bridgehead atoms. The first-order chi connectivity index (χ1) is 8.08. The average Bonchev–Trinajstić information content (AvgIpc) is 2.29. The summed E-state index contributed by atoms with van der Waals surface area (Å²) in [6, 6.07) is 7.66. The van der Waals surface area contributed by atoms with Gasteiger partial charge in [-0.2, -0.15) is 0 Å². The number of aryl methyl sites for hydroxylation is 1. The van der Waals surface area contributed by atoms with Gasteiger partial charge in [-0.3, -0.25) is 0 Å². The number of aromatic nitrogens is 2. The first-order valence-corrected chi connectivity index (χ1v) is 5.41. The molecule has 0 atom stereocenters. The van der Waals surface area contributed by atoms with E-state index in [0.717, 1.165) is 11.1 Å². The smallest absolute Gasteiger partial charge is 0.423 e. The summed E-state index contributed by atoms with van der Waals surface area (Å²) in [5.74, 6) is 0.458. The summed E-state index contributed by atoms with van der Waals surface area (Å²) in [7, 11) is -1.66. The van der Waals surface area contributed by atoms with Crippen LogP contribution in [0.5, 0.6) is 0 Å². The Bertz CT molecular complexity index is 531. The summed E-state index contributed by atoms with van der Waals surface area (Å²) in [4.78, 5) is 8.07. The Kier molecular flexibility index (Phi) is 3.42. The van der Waals surface area contributed by atoms with Crippen molar-refractivity contribution in [2.24, 2.45) is 0 Å². The molecule has 2 N–H and O–H groups in total. The average molecular weight is 248 g/mol. The number of benzene rings is 1. The van der Waals surface area contributed by atoms with Crippen molar-refractivity contribution < 1.29 is 10.0 Å². The van der Waals surface area contributed by atoms with Crippen LogP contribution in [0.2, 0.25) is 5.15 Å². The fraction of sp³-hybridized carbons (Fsp3) is 0.0909. The maximum Gasteiger partial charge on any atom is 0.493 e. The first kappa shape index (κ1) is 12.0. The van der Waals surface area contributed by atoms with Gasteiger partial charge in [-0.15, -0.1) is 0 Å². The lowest BCUT2D eigenvalue weighted by Gasteiger charge is -2.04. The number of nitrogens with zero attached hydrogens (tertiary/aromatic N) is 2. The van der Waals surface area contributed by atoms with Crippen molar-refractivity contribution in [3.05, 3.63) is 41.2 Å². The molecule has 0 fully saturated rings. The van der Waals surface area contributed by atoms with E-state index in [9.17, 15) is 0 Å². The van der Waals surface area contributed by atoms with E-state index >= 15 is 0 Å². The minimum atomic E-state index is -1.66. The van der Waals surface area contributed by atoms with E-state index in [0.29, 0.717) is 5.82 Å². The molecule has 86 valence electrons. The topological polar surface area (TPSA) is 66.2 Å². The van der Waals surface area contributed by atoms with Crippen LogP contribution < -0.4 is 5.46 Å². The summed E-state index contributed by atoms with van der Waals surface area (Å²) in [5.41, 5.74) is 2.07. The molecule has 0 aliphatic rings. The second kappa shape index (κ2) is 4.83. The van der Waals surface area contributed by atoms with Crippen LogP contribution in [0.15, 0.2) is 30.5 Å². The molecule has 2 rings (SSSR count). The van der Waals surface area contributed by atoms with Gasteiger partial charge in [0.25, 0.3) is 0 Å². The number of hydrogen-bond acceptors (Lipinski definition) is 4. The van der Waals surface area contributed by atoms with Crippen molar-refractivity contribution in [3.8, 4) is 11.4 Å². The number of halogens is 1. The minimum Gasteiger partial charge on any atom is -0.423 e. The molecule has 0 radical (unpaired) electrons. The molecule has 0 unspecified atom stereocenters. The van der Waals surface area contributed by atoms with Crippen LogP contribution in [0.4, 0.5) is 0 Å². The van der Waals surface area contributed by atoms with E-state index in [1.165, 1.54) is 6.20 Å². The molecular formula is C11H10BClN2O2. The Balaban J connectivity index is 2.41. The molecule has 0 spiro atoms. The summed E-state index contributed by atoms with van der Waals surface area (Å²) in [5, 5.41) is 18.0. The highest BCUT2D eigenvalue weighted by Gasteiger charge is 2.17. The van der Waals surface area contributed by atoms with Crippen molar-refractivity contribution in [2.75, 3.05) is 0 Å². The van der Waals surface area contributed by atoms with Crippen LogP contribution in [0, 0.1) is 6.92 Å². The Morgan fingerprint density at radius 1 is 1.18 bits per heavy atom. The summed E-state index contributed by atoms with van der Waals surface area (Å²) < 4.78 is 0. The van der Waals surface area contributed by atoms with Gasteiger partial charge in [-0.05, 0) is 6.92 Å². The highest BCUT2D eigenvalue weighted by molar-refractivity contribution is 6.62. The molecule has 1 aromatic heterocycles. The third-order valence-corrected chi connectivity index (χ3v) is 2.66. The molecule has 4 nitrogen and oxygen atoms in total. The lowest BCUT2D eigenvalue weighted by molar-refractivity contribution is 0.425. The summed E-state index contributed by atoms with van der Waals surface area (Å²) >= 11 is 5.83. The third kappa shape index (κ3) is 2.63. The van der Waals surface area contributed by atoms with Crippen LogP contribution >= 0.6 is 11.6 Å². The number of rotatable bonds is 2. The van der Waals surface area contributed by atoms with E-state index in [4.69, 9.17) is 21.6 Å². The minimum absolute atomic E-state index is 0.0468. The Morgan fingerprint density at radius 2 is 1.82 bits per heavy atom. The Morgan fingerprint density at radius 3 is 2.35 bits per heavy atom. The van der Waals surface area contributed by atoms with E-state index < -0.39 is 7.12 Å². The van der Waals surface area contributed by atoms with Gasteiger partial charge in [0.15, 0.2) is 5.82 Å². The molecular weight excluding hydrogens is 238 g/mol. The zero-order valence-electron chi connectivity index (χ0n) is 9.13. The molecule has 6 heteroatoms. The first-order valence-electron chi connectivity index (χ1n) is 5.03. The third-order valence-electron chi connectivity index (χ3n) is 2.36. The van der Waals surface area contributed by atoms with Gasteiger partial charge in [0.2, 0.25) is 0 Å². The SMILES string of the molecule is Cc1ccc(-c2ncc(B(O)O)c(Cl)n2)cc1. The predicted molar refractivity (Wildman–Crippen MR) is 67.0 cm³/mol. The van der Waals surface area contributed by atoms with Gasteiger partial charge in [0.05, 0.1) is 0 Å². The van der Waals surface area contributed by atoms with Gasteiger partial charge in [-0.1, -0.05) is 41.4 Å². The van der Waals surface area contributed by atoms with Crippen LogP contribution in [0.1, 0.15) is 5.56 Å². The summed E-state index contributed by atoms with van der Waals surface area (Å²) in [6.45, 7) is 1.99. The second-order valence-electron chi connectivity index (χ2n) is 3.68. The van der Waals surface area contributed by atoms with Crippen molar-refractivity contribution in [1.82, 2.24) is 9.97 Å². The standard InChI is InChI=1S/C11H10BClN2O2/c1-7-2-4-8(5-3-7)11-14-6-9(12(16)17)10(13)15-11/h2-6,16-17H,1H3. The fourth-order valence-electron chi connectivity index (χ4n) is 1.39. The second-order valence-corrected chi connectivity index (χ2v) is 4.04. The van der Waals surface area contributed by atoms with E-state index in [-0.39, 0.29) is 10.6 Å². The molecule has 0 amide bonds. The molecule has 0 aliphatic carbocycles. The molecule has 0 aliphatic heterocycles. The van der Waals surface area contributed by atoms with E-state index in [1.54, 1.807) is 0 Å². The number of hydrogen-bond donors (Lipinski definition) is 2. The Labute approximate surface area is 104 Å². The van der Waals surface area contributed by atoms with E-state index in [1.807, 2.05) is 31.2 Å². The predicted octanol–water partition coefficient (Wildman–Crippen LogP) is 0.785. The van der Waals surface area contributed by atoms with Gasteiger partial charge >= 0.3 is 7.12 Å². The zero-order valence-corrected chi connectivity index (χ0v) is 9.89. The van der Waals surface area contributed by atoms with Gasteiger partial charge in [0.1, 0.15) is 5.15 Å². The van der Waals surface area contributed by atoms with Crippen LogP contribution in [0.3, 0.4) is 0 Å². The maximum absolute atomic E-state index is 8.99. The Hall–Kier alpha value is -1.43. The van der Waals surface area contributed by atoms with Crippen molar-refractivity contribution in [3.63, 3.8) is 0 Å². The largest absolute Gasteiger partial charge is 0.493 e. The molecule has 1 aromatic carbocycles. The molecule has 17 heavy (non-hydrogen) atoms. The zero-order chi connectivity index (χ0) is 12.4. The van der Waals surface area contributed by atoms with Crippen molar-refractivity contribution in [1.29, 1.82) is 0 Å². The highest BCUT2D eigenvalue weighted by Crippen LogP contribution is 2.16. The highest BCUT2D eigenvalue weighted by atomic mass is 35.5. The fourth-order valence-corrected chi connectivity index (χ4v) is 1.61. The molecule has 2 aromatic rings. The van der Waals surface area contributed by atoms with Crippen LogP contribution in [-0.4, -0.2) is 27.1 Å². The monoisotopic (exact) mass is 248 g/mol.